The highest BCUT2D eigenvalue weighted by atomic mass is 19.4. The first-order valence-corrected chi connectivity index (χ1v) is 7.61. The molecule has 0 spiro atoms. The fourth-order valence-corrected chi connectivity index (χ4v) is 2.74. The van der Waals surface area contributed by atoms with Crippen molar-refractivity contribution in [2.24, 2.45) is 5.92 Å². The van der Waals surface area contributed by atoms with Crippen LogP contribution in [0.1, 0.15) is 24.2 Å². The summed E-state index contributed by atoms with van der Waals surface area (Å²) in [6.45, 7) is 1.71. The number of halogens is 3. The van der Waals surface area contributed by atoms with E-state index >= 15 is 0 Å². The van der Waals surface area contributed by atoms with Crippen LogP contribution in [-0.4, -0.2) is 43.2 Å². The molecule has 2 aromatic heterocycles. The first kappa shape index (κ1) is 16.6. The molecule has 0 bridgehead atoms. The molecule has 0 amide bonds. The molecule has 10 heteroatoms. The first-order valence-electron chi connectivity index (χ1n) is 7.61. The fraction of sp³-hybridized carbons (Fsp3) is 0.571. The van der Waals surface area contributed by atoms with Crippen molar-refractivity contribution >= 4 is 5.95 Å². The van der Waals surface area contributed by atoms with Gasteiger partial charge in [0.1, 0.15) is 11.4 Å². The third-order valence-corrected chi connectivity index (χ3v) is 4.02. The second-order valence-electron chi connectivity index (χ2n) is 5.76. The lowest BCUT2D eigenvalue weighted by Gasteiger charge is -2.32. The molecule has 0 aliphatic carbocycles. The van der Waals surface area contributed by atoms with E-state index in [2.05, 4.69) is 20.3 Å². The van der Waals surface area contributed by atoms with E-state index in [0.29, 0.717) is 31.2 Å². The van der Waals surface area contributed by atoms with Crippen molar-refractivity contribution in [2.75, 3.05) is 18.0 Å². The minimum Gasteiger partial charge on any atom is -0.390 e. The van der Waals surface area contributed by atoms with E-state index < -0.39 is 11.9 Å². The number of aliphatic hydroxyl groups excluding tert-OH is 1. The number of rotatable bonds is 4. The smallest absolute Gasteiger partial charge is 0.390 e. The van der Waals surface area contributed by atoms with Crippen LogP contribution in [0, 0.1) is 5.92 Å². The number of hydrogen-bond donors (Lipinski definition) is 1. The zero-order valence-electron chi connectivity index (χ0n) is 12.8. The van der Waals surface area contributed by atoms with E-state index in [4.69, 9.17) is 5.11 Å². The molecule has 0 saturated carbocycles. The van der Waals surface area contributed by atoms with E-state index in [1.165, 1.54) is 0 Å². The number of anilines is 1. The Kier molecular flexibility index (Phi) is 4.65. The zero-order chi connectivity index (χ0) is 17.2. The van der Waals surface area contributed by atoms with Crippen LogP contribution in [0.2, 0.25) is 0 Å². The van der Waals surface area contributed by atoms with Gasteiger partial charge in [-0.1, -0.05) is 5.21 Å². The lowest BCUT2D eigenvalue weighted by atomic mass is 9.97. The number of aliphatic hydroxyl groups is 1. The summed E-state index contributed by atoms with van der Waals surface area (Å²) in [6.07, 6.45) is -0.0271. The molecule has 2 aromatic rings. The van der Waals surface area contributed by atoms with Gasteiger partial charge < -0.3 is 10.0 Å². The molecule has 3 rings (SSSR count). The maximum Gasteiger partial charge on any atom is 0.433 e. The van der Waals surface area contributed by atoms with Crippen LogP contribution in [0.5, 0.6) is 0 Å². The molecular formula is C14H17F3N6O. The van der Waals surface area contributed by atoms with Crippen molar-refractivity contribution in [1.82, 2.24) is 25.0 Å². The van der Waals surface area contributed by atoms with Gasteiger partial charge in [-0.05, 0) is 24.8 Å². The second kappa shape index (κ2) is 6.71. The van der Waals surface area contributed by atoms with Crippen molar-refractivity contribution in [3.05, 3.63) is 29.8 Å². The minimum atomic E-state index is -4.46. The molecule has 0 aromatic carbocycles. The van der Waals surface area contributed by atoms with E-state index in [0.717, 1.165) is 25.1 Å². The maximum absolute atomic E-state index is 12.7. The third-order valence-electron chi connectivity index (χ3n) is 4.02. The van der Waals surface area contributed by atoms with Gasteiger partial charge in [-0.3, -0.25) is 4.68 Å². The topological polar surface area (TPSA) is 80.0 Å². The Balaban J connectivity index is 1.59. The molecule has 7 nitrogen and oxygen atoms in total. The second-order valence-corrected chi connectivity index (χ2v) is 5.76. The monoisotopic (exact) mass is 342 g/mol. The van der Waals surface area contributed by atoms with Crippen LogP contribution in [0.4, 0.5) is 19.1 Å². The van der Waals surface area contributed by atoms with Crippen LogP contribution >= 0.6 is 0 Å². The van der Waals surface area contributed by atoms with E-state index in [-0.39, 0.29) is 12.6 Å². The highest BCUT2D eigenvalue weighted by molar-refractivity contribution is 5.31. The predicted octanol–water partition coefficient (Wildman–Crippen LogP) is 1.50. The molecule has 1 fully saturated rings. The van der Waals surface area contributed by atoms with Crippen LogP contribution in [0.25, 0.3) is 0 Å². The van der Waals surface area contributed by atoms with Gasteiger partial charge in [0.05, 0.1) is 12.8 Å². The van der Waals surface area contributed by atoms with Crippen LogP contribution in [0.3, 0.4) is 0 Å². The number of aromatic nitrogens is 5. The Morgan fingerprint density at radius 1 is 1.25 bits per heavy atom. The quantitative estimate of drug-likeness (QED) is 0.907. The summed E-state index contributed by atoms with van der Waals surface area (Å²) in [5, 5.41) is 16.7. The van der Waals surface area contributed by atoms with Crippen LogP contribution in [0.15, 0.2) is 18.5 Å². The van der Waals surface area contributed by atoms with Gasteiger partial charge in [0.2, 0.25) is 5.95 Å². The Hall–Kier alpha value is -2.23. The van der Waals surface area contributed by atoms with Crippen molar-refractivity contribution in [3.8, 4) is 0 Å². The van der Waals surface area contributed by atoms with Crippen molar-refractivity contribution in [2.45, 2.75) is 32.2 Å². The van der Waals surface area contributed by atoms with Crippen molar-refractivity contribution in [1.29, 1.82) is 0 Å². The molecule has 1 aliphatic heterocycles. The summed E-state index contributed by atoms with van der Waals surface area (Å²) >= 11 is 0. The Labute approximate surface area is 136 Å². The number of alkyl halides is 3. The van der Waals surface area contributed by atoms with Crippen LogP contribution < -0.4 is 4.90 Å². The normalized spacial score (nSPS) is 16.6. The van der Waals surface area contributed by atoms with E-state index in [9.17, 15) is 13.2 Å². The molecule has 0 radical (unpaired) electrons. The fourth-order valence-electron chi connectivity index (χ4n) is 2.74. The molecular weight excluding hydrogens is 325 g/mol. The Bertz CT molecular complexity index is 681. The summed E-state index contributed by atoms with van der Waals surface area (Å²) in [4.78, 5) is 9.36. The predicted molar refractivity (Wildman–Crippen MR) is 77.9 cm³/mol. The average molecular weight is 342 g/mol. The molecule has 1 aliphatic rings. The molecule has 0 atom stereocenters. The Morgan fingerprint density at radius 3 is 2.62 bits per heavy atom. The molecule has 24 heavy (non-hydrogen) atoms. The van der Waals surface area contributed by atoms with Gasteiger partial charge in [0.25, 0.3) is 0 Å². The summed E-state index contributed by atoms with van der Waals surface area (Å²) < 4.78 is 39.9. The zero-order valence-corrected chi connectivity index (χ0v) is 12.8. The van der Waals surface area contributed by atoms with Gasteiger partial charge in [-0.15, -0.1) is 5.10 Å². The van der Waals surface area contributed by atoms with Gasteiger partial charge >= 0.3 is 6.18 Å². The number of hydrogen-bond acceptors (Lipinski definition) is 6. The molecule has 0 unspecified atom stereocenters. The summed E-state index contributed by atoms with van der Waals surface area (Å²) in [7, 11) is 0. The van der Waals surface area contributed by atoms with Gasteiger partial charge in [-0.2, -0.15) is 13.2 Å². The average Bonchev–Trinajstić information content (AvgIpc) is 3.02. The van der Waals surface area contributed by atoms with Gasteiger partial charge in [-0.25, -0.2) is 9.97 Å². The largest absolute Gasteiger partial charge is 0.433 e. The SMILES string of the molecule is OCc1cn(CC2CCN(c3nccc(C(F)(F)F)n3)CC2)nn1. The highest BCUT2D eigenvalue weighted by Gasteiger charge is 2.33. The summed E-state index contributed by atoms with van der Waals surface area (Å²) in [5.74, 6) is 0.465. The molecule has 1 saturated heterocycles. The van der Waals surface area contributed by atoms with Crippen molar-refractivity contribution in [3.63, 3.8) is 0 Å². The Morgan fingerprint density at radius 2 is 2.00 bits per heavy atom. The van der Waals surface area contributed by atoms with Gasteiger partial charge in [0, 0.05) is 25.8 Å². The maximum atomic E-state index is 12.7. The standard InChI is InChI=1S/C14H17F3N6O/c15-14(16,17)12-1-4-18-13(19-12)22-5-2-10(3-6-22)7-23-8-11(9-24)20-21-23/h1,4,8,10,24H,2-3,5-7,9H2. The molecule has 130 valence electrons. The molecule has 3 heterocycles. The lowest BCUT2D eigenvalue weighted by molar-refractivity contribution is -0.141. The van der Waals surface area contributed by atoms with E-state index in [1.807, 2.05) is 0 Å². The van der Waals surface area contributed by atoms with E-state index in [1.54, 1.807) is 15.8 Å². The van der Waals surface area contributed by atoms with Crippen LogP contribution in [-0.2, 0) is 19.3 Å². The molecule has 1 N–H and O–H groups in total. The van der Waals surface area contributed by atoms with Gasteiger partial charge in [0.15, 0.2) is 0 Å². The first-order chi connectivity index (χ1) is 11.5. The summed E-state index contributed by atoms with van der Waals surface area (Å²) in [5.41, 5.74) is -0.404. The lowest BCUT2D eigenvalue weighted by Crippen LogP contribution is -2.36. The highest BCUT2D eigenvalue weighted by Crippen LogP contribution is 2.29. The van der Waals surface area contributed by atoms with Crippen molar-refractivity contribution < 1.29 is 18.3 Å². The number of nitrogens with zero attached hydrogens (tertiary/aromatic N) is 6. The number of piperidine rings is 1. The minimum absolute atomic E-state index is 0.117. The third kappa shape index (κ3) is 3.81. The summed E-state index contributed by atoms with van der Waals surface area (Å²) in [6, 6.07) is 0.875.